The first-order chi connectivity index (χ1) is 21.4. The standard InChI is InChI=1S/C34H60O9/c1-2-3-4-5-6-7-8-9-10-11-12-17-36-18-19-37-20-21-38-22-23-39-24-25-40-26-27-41-28-29-42-30-31-43-34-15-13-33(32-35)14-16-34/h13-16,32H,2-12,17-31H2,1H3. The molecule has 9 nitrogen and oxygen atoms in total. The van der Waals surface area contributed by atoms with Crippen LogP contribution in [0.3, 0.4) is 0 Å². The molecule has 0 aromatic heterocycles. The van der Waals surface area contributed by atoms with Gasteiger partial charge in [-0.2, -0.15) is 0 Å². The summed E-state index contributed by atoms with van der Waals surface area (Å²) in [6.45, 7) is 10.5. The maximum atomic E-state index is 10.6. The number of hydrogen-bond acceptors (Lipinski definition) is 9. The summed E-state index contributed by atoms with van der Waals surface area (Å²) in [5.41, 5.74) is 0.626. The van der Waals surface area contributed by atoms with Crippen LogP contribution in [0.4, 0.5) is 0 Å². The Kier molecular flexibility index (Phi) is 30.5. The minimum absolute atomic E-state index is 0.442. The molecule has 0 fully saturated rings. The van der Waals surface area contributed by atoms with Gasteiger partial charge in [0.1, 0.15) is 18.6 Å². The van der Waals surface area contributed by atoms with Gasteiger partial charge in [-0.05, 0) is 30.7 Å². The van der Waals surface area contributed by atoms with E-state index in [2.05, 4.69) is 6.92 Å². The van der Waals surface area contributed by atoms with E-state index in [1.165, 1.54) is 64.2 Å². The van der Waals surface area contributed by atoms with Gasteiger partial charge < -0.3 is 37.9 Å². The van der Waals surface area contributed by atoms with Crippen molar-refractivity contribution in [2.75, 3.05) is 99.1 Å². The summed E-state index contributed by atoms with van der Waals surface area (Å²) in [6, 6.07) is 6.97. The minimum Gasteiger partial charge on any atom is -0.491 e. The van der Waals surface area contributed by atoms with Crippen molar-refractivity contribution in [2.45, 2.75) is 77.6 Å². The van der Waals surface area contributed by atoms with E-state index in [9.17, 15) is 4.79 Å². The third-order valence-electron chi connectivity index (χ3n) is 6.64. The topological polar surface area (TPSA) is 90.9 Å². The lowest BCUT2D eigenvalue weighted by Gasteiger charge is -2.09. The van der Waals surface area contributed by atoms with Crippen LogP contribution in [0.5, 0.6) is 5.75 Å². The molecule has 0 atom stereocenters. The fraction of sp³-hybridized carbons (Fsp3) is 0.794. The van der Waals surface area contributed by atoms with Gasteiger partial charge in [-0.3, -0.25) is 4.79 Å². The Morgan fingerprint density at radius 2 is 0.744 bits per heavy atom. The maximum Gasteiger partial charge on any atom is 0.150 e. The zero-order valence-corrected chi connectivity index (χ0v) is 26.9. The second-order valence-corrected chi connectivity index (χ2v) is 10.4. The number of benzene rings is 1. The molecule has 1 rings (SSSR count). The Balaban J connectivity index is 1.64. The van der Waals surface area contributed by atoms with Gasteiger partial charge in [-0.15, -0.1) is 0 Å². The van der Waals surface area contributed by atoms with Crippen LogP contribution in [0.2, 0.25) is 0 Å². The van der Waals surface area contributed by atoms with Crippen molar-refractivity contribution in [3.05, 3.63) is 29.8 Å². The fourth-order valence-electron chi connectivity index (χ4n) is 4.15. The Bertz CT molecular complexity index is 687. The molecular formula is C34H60O9. The highest BCUT2D eigenvalue weighted by Gasteiger charge is 1.98. The predicted octanol–water partition coefficient (Wildman–Crippen LogP) is 6.31. The van der Waals surface area contributed by atoms with Crippen LogP contribution in [0.15, 0.2) is 24.3 Å². The van der Waals surface area contributed by atoms with Crippen LogP contribution in [-0.2, 0) is 33.2 Å². The summed E-state index contributed by atoms with van der Waals surface area (Å²) < 4.78 is 44.2. The highest BCUT2D eigenvalue weighted by atomic mass is 16.6. The molecule has 0 heterocycles. The largest absolute Gasteiger partial charge is 0.491 e. The second kappa shape index (κ2) is 33.3. The van der Waals surface area contributed by atoms with Crippen LogP contribution in [-0.4, -0.2) is 105 Å². The molecule has 43 heavy (non-hydrogen) atoms. The minimum atomic E-state index is 0.442. The Morgan fingerprint density at radius 1 is 0.419 bits per heavy atom. The number of carbonyl (C=O) groups is 1. The molecule has 9 heteroatoms. The van der Waals surface area contributed by atoms with Crippen molar-refractivity contribution in [3.8, 4) is 5.75 Å². The molecule has 0 radical (unpaired) electrons. The van der Waals surface area contributed by atoms with E-state index in [4.69, 9.17) is 37.9 Å². The molecule has 250 valence electrons. The first kappa shape index (κ1) is 39.4. The van der Waals surface area contributed by atoms with Crippen molar-refractivity contribution in [1.82, 2.24) is 0 Å². The zero-order chi connectivity index (χ0) is 30.7. The van der Waals surface area contributed by atoms with Crippen molar-refractivity contribution in [1.29, 1.82) is 0 Å². The smallest absolute Gasteiger partial charge is 0.150 e. The molecule has 0 aliphatic rings. The van der Waals surface area contributed by atoms with Gasteiger partial charge in [0.25, 0.3) is 0 Å². The molecule has 1 aromatic carbocycles. The van der Waals surface area contributed by atoms with E-state index in [0.29, 0.717) is 104 Å². The molecule has 0 aliphatic carbocycles. The summed E-state index contributed by atoms with van der Waals surface area (Å²) >= 11 is 0. The van der Waals surface area contributed by atoms with Gasteiger partial charge in [-0.1, -0.05) is 71.1 Å². The van der Waals surface area contributed by atoms with Gasteiger partial charge in [-0.25, -0.2) is 0 Å². The first-order valence-electron chi connectivity index (χ1n) is 16.6. The number of rotatable bonds is 35. The van der Waals surface area contributed by atoms with Gasteiger partial charge >= 0.3 is 0 Å². The van der Waals surface area contributed by atoms with Crippen LogP contribution >= 0.6 is 0 Å². The second-order valence-electron chi connectivity index (χ2n) is 10.4. The molecular weight excluding hydrogens is 552 g/mol. The third-order valence-corrected chi connectivity index (χ3v) is 6.64. The average molecular weight is 613 g/mol. The monoisotopic (exact) mass is 612 g/mol. The number of aldehydes is 1. The molecule has 1 aromatic rings. The van der Waals surface area contributed by atoms with Crippen molar-refractivity contribution < 1.29 is 42.7 Å². The lowest BCUT2D eigenvalue weighted by atomic mass is 10.1. The van der Waals surface area contributed by atoms with E-state index in [1.54, 1.807) is 24.3 Å². The predicted molar refractivity (Wildman–Crippen MR) is 170 cm³/mol. The fourth-order valence-corrected chi connectivity index (χ4v) is 4.15. The van der Waals surface area contributed by atoms with Crippen LogP contribution in [0, 0.1) is 0 Å². The molecule has 0 saturated carbocycles. The number of hydrogen-bond donors (Lipinski definition) is 0. The van der Waals surface area contributed by atoms with Crippen molar-refractivity contribution in [2.24, 2.45) is 0 Å². The summed E-state index contributed by atoms with van der Waals surface area (Å²) in [5, 5.41) is 0. The number of carbonyl (C=O) groups excluding carboxylic acids is 1. The third kappa shape index (κ3) is 28.9. The van der Waals surface area contributed by atoms with E-state index < -0.39 is 0 Å². The van der Waals surface area contributed by atoms with Crippen molar-refractivity contribution in [3.63, 3.8) is 0 Å². The molecule has 0 bridgehead atoms. The van der Waals surface area contributed by atoms with Crippen LogP contribution in [0.25, 0.3) is 0 Å². The summed E-state index contributed by atoms with van der Waals surface area (Å²) in [4.78, 5) is 10.6. The lowest BCUT2D eigenvalue weighted by Crippen LogP contribution is -2.15. The molecule has 0 amide bonds. The highest BCUT2D eigenvalue weighted by molar-refractivity contribution is 5.74. The molecule has 0 aliphatic heterocycles. The molecule has 0 unspecified atom stereocenters. The van der Waals surface area contributed by atoms with Crippen LogP contribution in [0.1, 0.15) is 87.9 Å². The Morgan fingerprint density at radius 3 is 1.12 bits per heavy atom. The average Bonchev–Trinajstić information content (AvgIpc) is 3.03. The summed E-state index contributed by atoms with van der Waals surface area (Å²) in [6.07, 6.45) is 15.7. The maximum absolute atomic E-state index is 10.6. The quantitative estimate of drug-likeness (QED) is 0.0646. The summed E-state index contributed by atoms with van der Waals surface area (Å²) in [7, 11) is 0. The Labute approximate surface area is 261 Å². The molecule has 0 spiro atoms. The lowest BCUT2D eigenvalue weighted by molar-refractivity contribution is -0.0213. The van der Waals surface area contributed by atoms with E-state index in [1.807, 2.05) is 0 Å². The first-order valence-corrected chi connectivity index (χ1v) is 16.6. The van der Waals surface area contributed by atoms with Crippen LogP contribution < -0.4 is 4.74 Å². The Hall–Kier alpha value is -1.59. The van der Waals surface area contributed by atoms with E-state index >= 15 is 0 Å². The van der Waals surface area contributed by atoms with Crippen molar-refractivity contribution >= 4 is 6.29 Å². The molecule has 0 saturated heterocycles. The summed E-state index contributed by atoms with van der Waals surface area (Å²) in [5.74, 6) is 0.713. The van der Waals surface area contributed by atoms with E-state index in [-0.39, 0.29) is 0 Å². The SMILES string of the molecule is CCCCCCCCCCCCCOCCOCCOCCOCCOCCOCCOCCOc1ccc(C=O)cc1. The van der Waals surface area contributed by atoms with Gasteiger partial charge in [0, 0.05) is 12.2 Å². The van der Waals surface area contributed by atoms with E-state index in [0.717, 1.165) is 19.3 Å². The molecule has 0 N–H and O–H groups in total. The number of unbranched alkanes of at least 4 members (excludes halogenated alkanes) is 10. The number of ether oxygens (including phenoxy) is 8. The normalized spacial score (nSPS) is 11.3. The highest BCUT2D eigenvalue weighted by Crippen LogP contribution is 2.12. The van der Waals surface area contributed by atoms with Gasteiger partial charge in [0.15, 0.2) is 0 Å². The van der Waals surface area contributed by atoms with Gasteiger partial charge in [0.2, 0.25) is 0 Å². The zero-order valence-electron chi connectivity index (χ0n) is 26.9. The van der Waals surface area contributed by atoms with Gasteiger partial charge in [0.05, 0.1) is 85.9 Å².